The number of carbonyl (C=O) groups is 1. The second-order valence-corrected chi connectivity index (χ2v) is 5.82. The molecule has 0 aliphatic heterocycles. The molecule has 2 unspecified atom stereocenters. The lowest BCUT2D eigenvalue weighted by molar-refractivity contribution is -0.117. The smallest absolute Gasteiger partial charge is 0.229 e. The average Bonchev–Trinajstić information content (AvgIpc) is 3.18. The quantitative estimate of drug-likeness (QED) is 0.877. The van der Waals surface area contributed by atoms with Crippen LogP contribution < -0.4 is 5.32 Å². The van der Waals surface area contributed by atoms with Crippen LogP contribution in [0.1, 0.15) is 6.42 Å². The molecule has 7 heteroatoms. The molecule has 2 heterocycles. The van der Waals surface area contributed by atoms with E-state index in [1.165, 1.54) is 0 Å². The lowest BCUT2D eigenvalue weighted by atomic mass is 10.2. The number of nitrogens with one attached hydrogen (secondary N) is 1. The Morgan fingerprint density at radius 3 is 3.05 bits per heavy atom. The molecule has 0 spiro atoms. The highest BCUT2D eigenvalue weighted by molar-refractivity contribution is 6.36. The number of nitrogens with zero attached hydrogens (tertiary/aromatic N) is 2. The van der Waals surface area contributed by atoms with Gasteiger partial charge in [0.2, 0.25) is 5.91 Å². The highest BCUT2D eigenvalue weighted by atomic mass is 35.5. The summed E-state index contributed by atoms with van der Waals surface area (Å²) in [5.41, 5.74) is 0. The van der Waals surface area contributed by atoms with Crippen molar-refractivity contribution >= 4 is 45.7 Å². The van der Waals surface area contributed by atoms with Crippen molar-refractivity contribution in [1.82, 2.24) is 9.97 Å². The minimum Gasteiger partial charge on any atom is -0.384 e. The van der Waals surface area contributed by atoms with E-state index >= 15 is 0 Å². The third kappa shape index (κ3) is 3.10. The van der Waals surface area contributed by atoms with E-state index in [1.807, 2.05) is 0 Å². The second-order valence-electron chi connectivity index (χ2n) is 5.07. The normalized spacial score (nSPS) is 20.5. The summed E-state index contributed by atoms with van der Waals surface area (Å²) < 4.78 is 5.05. The third-order valence-electron chi connectivity index (χ3n) is 3.53. The van der Waals surface area contributed by atoms with Crippen molar-refractivity contribution < 1.29 is 9.53 Å². The molecule has 0 aromatic carbocycles. The number of carbonyl (C=O) groups excluding carboxylic acids is 1. The fourth-order valence-electron chi connectivity index (χ4n) is 2.33. The Hall–Kier alpha value is -1.43. The molecule has 1 N–H and O–H groups in total. The van der Waals surface area contributed by atoms with Gasteiger partial charge in [0.15, 0.2) is 0 Å². The zero-order valence-corrected chi connectivity index (χ0v) is 12.8. The van der Waals surface area contributed by atoms with Gasteiger partial charge in [-0.05, 0) is 29.9 Å². The number of aromatic nitrogens is 2. The van der Waals surface area contributed by atoms with Gasteiger partial charge in [0.05, 0.1) is 0 Å². The number of rotatable bonds is 4. The molecule has 0 radical (unpaired) electrons. The van der Waals surface area contributed by atoms with Crippen molar-refractivity contribution in [2.45, 2.75) is 6.42 Å². The highest BCUT2D eigenvalue weighted by Gasteiger charge is 2.42. The maximum Gasteiger partial charge on any atom is 0.229 e. The van der Waals surface area contributed by atoms with Crippen LogP contribution in [0.5, 0.6) is 0 Å². The van der Waals surface area contributed by atoms with E-state index in [9.17, 15) is 4.79 Å². The SMILES string of the molecule is COCC1CC1C(=O)Nc1cc2cc(Cl)nc(Cl)c2cn1. The standard InChI is InChI=1S/C14H13Cl2N3O2/c1-21-6-8-2-9(8)14(20)19-12-4-7-3-11(15)18-13(16)10(7)5-17-12/h3-5,8-9H,2,6H2,1H3,(H,17,19,20). The monoisotopic (exact) mass is 325 g/mol. The first-order chi connectivity index (χ1) is 10.1. The van der Waals surface area contributed by atoms with Gasteiger partial charge in [0.25, 0.3) is 0 Å². The zero-order valence-electron chi connectivity index (χ0n) is 11.3. The molecule has 0 bridgehead atoms. The molecule has 21 heavy (non-hydrogen) atoms. The molecular formula is C14H13Cl2N3O2. The number of hydrogen-bond donors (Lipinski definition) is 1. The minimum absolute atomic E-state index is 0.00654. The molecule has 110 valence electrons. The van der Waals surface area contributed by atoms with Crippen LogP contribution in [-0.2, 0) is 9.53 Å². The first-order valence-corrected chi connectivity index (χ1v) is 7.25. The lowest BCUT2D eigenvalue weighted by Crippen LogP contribution is -2.16. The van der Waals surface area contributed by atoms with Crippen molar-refractivity contribution in [2.24, 2.45) is 11.8 Å². The van der Waals surface area contributed by atoms with Crippen LogP contribution in [0.4, 0.5) is 5.82 Å². The summed E-state index contributed by atoms with van der Waals surface area (Å²) in [6, 6.07) is 3.42. The van der Waals surface area contributed by atoms with Crippen molar-refractivity contribution in [3.05, 3.63) is 28.6 Å². The summed E-state index contributed by atoms with van der Waals surface area (Å²) in [4.78, 5) is 20.2. The minimum atomic E-state index is -0.0323. The molecule has 1 fully saturated rings. The van der Waals surface area contributed by atoms with Crippen molar-refractivity contribution in [2.75, 3.05) is 19.0 Å². The molecule has 5 nitrogen and oxygen atoms in total. The van der Waals surface area contributed by atoms with Gasteiger partial charge in [0.1, 0.15) is 16.1 Å². The molecule has 3 rings (SSSR count). The van der Waals surface area contributed by atoms with Gasteiger partial charge in [-0.2, -0.15) is 0 Å². The van der Waals surface area contributed by atoms with E-state index < -0.39 is 0 Å². The highest BCUT2D eigenvalue weighted by Crippen LogP contribution is 2.39. The zero-order chi connectivity index (χ0) is 15.0. The lowest BCUT2D eigenvalue weighted by Gasteiger charge is -2.06. The maximum atomic E-state index is 12.1. The van der Waals surface area contributed by atoms with Crippen LogP contribution in [0.15, 0.2) is 18.3 Å². The Morgan fingerprint density at radius 2 is 2.29 bits per heavy atom. The fourth-order valence-corrected chi connectivity index (χ4v) is 2.83. The first kappa shape index (κ1) is 14.5. The van der Waals surface area contributed by atoms with Crippen LogP contribution in [0.3, 0.4) is 0 Å². The summed E-state index contributed by atoms with van der Waals surface area (Å²) in [5, 5.41) is 4.90. The van der Waals surface area contributed by atoms with Crippen LogP contribution in [-0.4, -0.2) is 29.6 Å². The first-order valence-electron chi connectivity index (χ1n) is 6.50. The molecule has 2 atom stereocenters. The van der Waals surface area contributed by atoms with Crippen LogP contribution >= 0.6 is 23.2 Å². The fraction of sp³-hybridized carbons (Fsp3) is 0.357. The van der Waals surface area contributed by atoms with Crippen LogP contribution in [0.2, 0.25) is 10.3 Å². The van der Waals surface area contributed by atoms with E-state index in [1.54, 1.807) is 25.4 Å². The molecule has 2 aromatic heterocycles. The Labute approximate surface area is 131 Å². The van der Waals surface area contributed by atoms with E-state index in [2.05, 4.69) is 15.3 Å². The van der Waals surface area contributed by atoms with Gasteiger partial charge in [-0.15, -0.1) is 0 Å². The van der Waals surface area contributed by atoms with Crippen LogP contribution in [0.25, 0.3) is 10.8 Å². The third-order valence-corrected chi connectivity index (χ3v) is 4.01. The molecule has 0 saturated heterocycles. The van der Waals surface area contributed by atoms with Crippen molar-refractivity contribution in [1.29, 1.82) is 0 Å². The van der Waals surface area contributed by atoms with Crippen molar-refractivity contribution in [3.8, 4) is 0 Å². The molecular weight excluding hydrogens is 313 g/mol. The molecule has 1 amide bonds. The molecule has 2 aromatic rings. The summed E-state index contributed by atoms with van der Waals surface area (Å²) in [6.45, 7) is 0.611. The van der Waals surface area contributed by atoms with Gasteiger partial charge < -0.3 is 10.1 Å². The summed E-state index contributed by atoms with van der Waals surface area (Å²) in [6.07, 6.45) is 2.44. The van der Waals surface area contributed by atoms with Gasteiger partial charge >= 0.3 is 0 Å². The van der Waals surface area contributed by atoms with Gasteiger partial charge in [-0.1, -0.05) is 23.2 Å². The number of fused-ring (bicyclic) bond motifs is 1. The second kappa shape index (κ2) is 5.75. The van der Waals surface area contributed by atoms with Crippen molar-refractivity contribution in [3.63, 3.8) is 0 Å². The topological polar surface area (TPSA) is 64.1 Å². The number of halogens is 2. The average molecular weight is 326 g/mol. The predicted octanol–water partition coefficient (Wildman–Crippen LogP) is 3.16. The Balaban J connectivity index is 1.77. The number of hydrogen-bond acceptors (Lipinski definition) is 4. The predicted molar refractivity (Wildman–Crippen MR) is 81.7 cm³/mol. The Kier molecular flexibility index (Phi) is 3.97. The maximum absolute atomic E-state index is 12.1. The number of methoxy groups -OCH3 is 1. The van der Waals surface area contributed by atoms with Gasteiger partial charge in [-0.25, -0.2) is 9.97 Å². The Morgan fingerprint density at radius 1 is 1.48 bits per heavy atom. The van der Waals surface area contributed by atoms with Gasteiger partial charge in [0, 0.05) is 31.2 Å². The molecule has 1 saturated carbocycles. The number of pyridine rings is 2. The molecule has 1 aliphatic carbocycles. The number of amides is 1. The van der Waals surface area contributed by atoms with Gasteiger partial charge in [-0.3, -0.25) is 4.79 Å². The summed E-state index contributed by atoms with van der Waals surface area (Å²) >= 11 is 11.9. The summed E-state index contributed by atoms with van der Waals surface area (Å²) in [7, 11) is 1.64. The van der Waals surface area contributed by atoms with Crippen LogP contribution in [0, 0.1) is 11.8 Å². The Bertz CT molecular complexity index is 708. The number of ether oxygens (including phenoxy) is 1. The van der Waals surface area contributed by atoms with E-state index in [-0.39, 0.29) is 11.8 Å². The molecule has 1 aliphatic rings. The summed E-state index contributed by atoms with van der Waals surface area (Å²) in [5.74, 6) is 0.764. The van der Waals surface area contributed by atoms with E-state index in [4.69, 9.17) is 27.9 Å². The largest absolute Gasteiger partial charge is 0.384 e. The van der Waals surface area contributed by atoms with E-state index in [0.29, 0.717) is 34.0 Å². The van der Waals surface area contributed by atoms with E-state index in [0.717, 1.165) is 11.8 Å². The number of anilines is 1.